The van der Waals surface area contributed by atoms with Gasteiger partial charge in [-0.2, -0.15) is 15.1 Å². The molecule has 3 rings (SSSR count). The lowest BCUT2D eigenvalue weighted by molar-refractivity contribution is -0.114. The zero-order chi connectivity index (χ0) is 15.9. The lowest BCUT2D eigenvalue weighted by atomic mass is 10.1. The highest BCUT2D eigenvalue weighted by Gasteiger charge is 2.34. The summed E-state index contributed by atoms with van der Waals surface area (Å²) in [5.41, 5.74) is 0.754. The maximum atomic E-state index is 12.1. The molecule has 0 bridgehead atoms. The summed E-state index contributed by atoms with van der Waals surface area (Å²) in [6.07, 6.45) is 1.53. The van der Waals surface area contributed by atoms with Gasteiger partial charge in [0.05, 0.1) is 17.7 Å². The summed E-state index contributed by atoms with van der Waals surface area (Å²) in [6.45, 7) is 1.79. The molecule has 2 heterocycles. The molecule has 112 valence electrons. The molecule has 22 heavy (non-hydrogen) atoms. The predicted molar refractivity (Wildman–Crippen MR) is 85.3 cm³/mol. The van der Waals surface area contributed by atoms with Gasteiger partial charge in [-0.3, -0.25) is 10.2 Å². The van der Waals surface area contributed by atoms with Crippen molar-refractivity contribution in [3.8, 4) is 11.5 Å². The van der Waals surface area contributed by atoms with Gasteiger partial charge in [0, 0.05) is 0 Å². The fraction of sp³-hybridized carbons (Fsp3) is 0.143. The van der Waals surface area contributed by atoms with Gasteiger partial charge in [-0.25, -0.2) is 0 Å². The highest BCUT2D eigenvalue weighted by molar-refractivity contribution is 8.26. The number of thioether (sulfide) groups is 1. The number of aliphatic imine (C=N–C) groups is 1. The second-order valence-electron chi connectivity index (χ2n) is 4.57. The Hall–Kier alpha value is -2.61. The van der Waals surface area contributed by atoms with Crippen LogP contribution in [0.2, 0.25) is 0 Å². The minimum absolute atomic E-state index is 0.00571. The number of methoxy groups -OCH3 is 1. The Morgan fingerprint density at radius 3 is 2.95 bits per heavy atom. The number of phenols is 1. The van der Waals surface area contributed by atoms with Gasteiger partial charge in [0.15, 0.2) is 17.3 Å². The highest BCUT2D eigenvalue weighted by atomic mass is 32.2. The zero-order valence-electron chi connectivity index (χ0n) is 11.8. The van der Waals surface area contributed by atoms with Crippen LogP contribution in [0, 0.1) is 5.41 Å². The van der Waals surface area contributed by atoms with Gasteiger partial charge < -0.3 is 9.84 Å². The molecule has 7 nitrogen and oxygen atoms in total. The molecule has 0 saturated heterocycles. The Labute approximate surface area is 130 Å². The van der Waals surface area contributed by atoms with Crippen molar-refractivity contribution in [1.82, 2.24) is 5.01 Å². The van der Waals surface area contributed by atoms with E-state index in [4.69, 9.17) is 10.1 Å². The van der Waals surface area contributed by atoms with Crippen LogP contribution in [0.15, 0.2) is 33.9 Å². The fourth-order valence-corrected chi connectivity index (χ4v) is 2.77. The van der Waals surface area contributed by atoms with Crippen LogP contribution in [-0.2, 0) is 4.79 Å². The van der Waals surface area contributed by atoms with Crippen LogP contribution in [0.25, 0.3) is 6.08 Å². The number of nitrogens with one attached hydrogen (secondary N) is 1. The van der Waals surface area contributed by atoms with E-state index in [1.54, 1.807) is 19.1 Å². The van der Waals surface area contributed by atoms with E-state index < -0.39 is 5.91 Å². The van der Waals surface area contributed by atoms with E-state index in [0.29, 0.717) is 16.5 Å². The van der Waals surface area contributed by atoms with Gasteiger partial charge >= 0.3 is 0 Å². The van der Waals surface area contributed by atoms with Crippen molar-refractivity contribution >= 4 is 39.8 Å². The van der Waals surface area contributed by atoms with Crippen LogP contribution >= 0.6 is 11.8 Å². The smallest absolute Gasteiger partial charge is 0.283 e. The largest absolute Gasteiger partial charge is 0.504 e. The summed E-state index contributed by atoms with van der Waals surface area (Å²) in [4.78, 5) is 16.1. The molecule has 2 N–H and O–H groups in total. The molecule has 1 aromatic carbocycles. The van der Waals surface area contributed by atoms with Crippen LogP contribution in [0.1, 0.15) is 12.5 Å². The van der Waals surface area contributed by atoms with Crippen LogP contribution in [0.5, 0.6) is 11.5 Å². The number of hydrogen-bond acceptors (Lipinski definition) is 6. The Bertz CT molecular complexity index is 782. The summed E-state index contributed by atoms with van der Waals surface area (Å²) in [5.74, 6) is -0.211. The molecule has 0 unspecified atom stereocenters. The number of hydrogen-bond donors (Lipinski definition) is 2. The van der Waals surface area contributed by atoms with Crippen LogP contribution in [0.4, 0.5) is 0 Å². The quantitative estimate of drug-likeness (QED) is 0.814. The minimum Gasteiger partial charge on any atom is -0.504 e. The number of phenolic OH excluding ortho intramolecular Hbond substituents is 1. The second-order valence-corrected chi connectivity index (χ2v) is 5.73. The molecule has 0 aliphatic carbocycles. The number of carbonyl (C=O) groups is 1. The molecular formula is C14H12N4O3S. The Morgan fingerprint density at radius 2 is 2.23 bits per heavy atom. The molecule has 1 aromatic rings. The van der Waals surface area contributed by atoms with Crippen LogP contribution in [0.3, 0.4) is 0 Å². The second kappa shape index (κ2) is 5.30. The number of benzene rings is 1. The Balaban J connectivity index is 2.01. The number of hydrazone groups is 1. The SMILES string of the molecule is COc1cc(/C=C2\C(=N)N3N=C(C)SC3=NC2=O)ccc1O. The first-order valence-corrected chi connectivity index (χ1v) is 7.15. The average molecular weight is 316 g/mol. The van der Waals surface area contributed by atoms with E-state index >= 15 is 0 Å². The number of fused-ring (bicyclic) bond motifs is 1. The molecule has 2 aliphatic heterocycles. The molecular weight excluding hydrogens is 304 g/mol. The van der Waals surface area contributed by atoms with Crippen molar-refractivity contribution in [2.45, 2.75) is 6.92 Å². The van der Waals surface area contributed by atoms with E-state index in [9.17, 15) is 9.90 Å². The van der Waals surface area contributed by atoms with Gasteiger partial charge in [-0.05, 0) is 42.5 Å². The van der Waals surface area contributed by atoms with Gasteiger partial charge in [0.1, 0.15) is 0 Å². The number of amides is 1. The third kappa shape index (κ3) is 2.37. The number of nitrogens with zero attached hydrogens (tertiary/aromatic N) is 3. The summed E-state index contributed by atoms with van der Waals surface area (Å²) in [5, 5.41) is 24.4. The van der Waals surface area contributed by atoms with E-state index in [2.05, 4.69) is 10.1 Å². The van der Waals surface area contributed by atoms with Crippen molar-refractivity contribution in [2.24, 2.45) is 10.1 Å². The number of ether oxygens (including phenoxy) is 1. The summed E-state index contributed by atoms with van der Waals surface area (Å²) < 4.78 is 5.03. The Morgan fingerprint density at radius 1 is 1.45 bits per heavy atom. The lowest BCUT2D eigenvalue weighted by Gasteiger charge is -2.20. The molecule has 2 aliphatic rings. The van der Waals surface area contributed by atoms with E-state index in [0.717, 1.165) is 5.04 Å². The topological polar surface area (TPSA) is 98.3 Å². The maximum absolute atomic E-state index is 12.1. The maximum Gasteiger partial charge on any atom is 0.283 e. The molecule has 0 atom stereocenters. The first kappa shape index (κ1) is 14.3. The molecule has 0 radical (unpaired) electrons. The van der Waals surface area contributed by atoms with Crippen LogP contribution in [-0.4, -0.2) is 39.2 Å². The van der Waals surface area contributed by atoms with Gasteiger partial charge in [-0.1, -0.05) is 6.07 Å². The van der Waals surface area contributed by atoms with E-state index in [-0.39, 0.29) is 17.2 Å². The number of rotatable bonds is 2. The first-order valence-electron chi connectivity index (χ1n) is 6.33. The third-order valence-corrected chi connectivity index (χ3v) is 3.89. The van der Waals surface area contributed by atoms with Gasteiger partial charge in [0.2, 0.25) is 5.17 Å². The molecule has 0 fully saturated rings. The number of aromatic hydroxyl groups is 1. The summed E-state index contributed by atoms with van der Waals surface area (Å²) in [7, 11) is 1.44. The molecule has 0 saturated carbocycles. The fourth-order valence-electron chi connectivity index (χ4n) is 2.04. The van der Waals surface area contributed by atoms with Crippen molar-refractivity contribution in [3.05, 3.63) is 29.3 Å². The first-order chi connectivity index (χ1) is 10.5. The van der Waals surface area contributed by atoms with Crippen molar-refractivity contribution in [3.63, 3.8) is 0 Å². The predicted octanol–water partition coefficient (Wildman–Crippen LogP) is 2.04. The molecule has 0 aromatic heterocycles. The number of amidine groups is 2. The summed E-state index contributed by atoms with van der Waals surface area (Å²) in [6, 6.07) is 4.66. The van der Waals surface area contributed by atoms with Gasteiger partial charge in [-0.15, -0.1) is 0 Å². The normalized spacial score (nSPS) is 19.2. The standard InChI is InChI=1S/C14H12N4O3S/c1-7-17-18-12(15)9(13(20)16-14(18)22-7)5-8-3-4-10(19)11(6-8)21-2/h3-6,15,19H,1-2H3/b9-5+,15-12?. The molecule has 0 spiro atoms. The van der Waals surface area contributed by atoms with E-state index in [1.165, 1.54) is 36.0 Å². The molecule has 1 amide bonds. The van der Waals surface area contributed by atoms with Crippen molar-refractivity contribution in [2.75, 3.05) is 7.11 Å². The Kier molecular flexibility index (Phi) is 3.45. The molecule has 8 heteroatoms. The highest BCUT2D eigenvalue weighted by Crippen LogP contribution is 2.30. The third-order valence-electron chi connectivity index (χ3n) is 3.07. The van der Waals surface area contributed by atoms with E-state index in [1.807, 2.05) is 0 Å². The lowest BCUT2D eigenvalue weighted by Crippen LogP contribution is -2.35. The van der Waals surface area contributed by atoms with Gasteiger partial charge in [0.25, 0.3) is 5.91 Å². The number of carbonyl (C=O) groups excluding carboxylic acids is 1. The van der Waals surface area contributed by atoms with Crippen molar-refractivity contribution in [1.29, 1.82) is 5.41 Å². The van der Waals surface area contributed by atoms with Crippen LogP contribution < -0.4 is 4.74 Å². The minimum atomic E-state index is -0.485. The zero-order valence-corrected chi connectivity index (χ0v) is 12.6. The monoisotopic (exact) mass is 316 g/mol. The summed E-state index contributed by atoms with van der Waals surface area (Å²) >= 11 is 1.26. The van der Waals surface area contributed by atoms with Crippen molar-refractivity contribution < 1.29 is 14.6 Å². The average Bonchev–Trinajstić information content (AvgIpc) is 2.85.